The summed E-state index contributed by atoms with van der Waals surface area (Å²) in [6.07, 6.45) is 3.44. The highest BCUT2D eigenvalue weighted by Gasteiger charge is 2.08. The van der Waals surface area contributed by atoms with Crippen molar-refractivity contribution in [3.05, 3.63) is 46.1 Å². The fourth-order valence-corrected chi connectivity index (χ4v) is 2.06. The monoisotopic (exact) mass is 288 g/mol. The third kappa shape index (κ3) is 3.66. The second kappa shape index (κ2) is 6.99. The Bertz CT molecular complexity index is 647. The third-order valence-corrected chi connectivity index (χ3v) is 3.15. The maximum absolute atomic E-state index is 12.2. The van der Waals surface area contributed by atoms with E-state index >= 15 is 0 Å². The summed E-state index contributed by atoms with van der Waals surface area (Å²) >= 11 is 0. The molecule has 6 heteroatoms. The van der Waals surface area contributed by atoms with Crippen molar-refractivity contribution < 1.29 is 4.84 Å². The van der Waals surface area contributed by atoms with E-state index in [1.807, 2.05) is 32.0 Å². The van der Waals surface area contributed by atoms with Gasteiger partial charge in [0, 0.05) is 0 Å². The fraction of sp³-hybridized carbons (Fsp3) is 0.400. The molecule has 0 amide bonds. The first-order chi connectivity index (χ1) is 10.1. The lowest BCUT2D eigenvalue weighted by Gasteiger charge is -2.11. The van der Waals surface area contributed by atoms with Gasteiger partial charge in [0.05, 0.1) is 12.3 Å². The standard InChI is InChI=1S/C15H20N4O2/c1-4-5-9-21-18-14-16-10-19(15(20)17-14)13-11(2)7-6-8-12(13)3/h6-8,10H,4-5,9H2,1-3H3,(H,17,18,20). The van der Waals surface area contributed by atoms with Crippen LogP contribution in [0.2, 0.25) is 0 Å². The van der Waals surface area contributed by atoms with Crippen LogP contribution in [0.5, 0.6) is 0 Å². The largest absolute Gasteiger partial charge is 0.356 e. The smallest absolute Gasteiger partial charge is 0.273 e. The average Bonchev–Trinajstić information content (AvgIpc) is 2.45. The van der Waals surface area contributed by atoms with Crippen molar-refractivity contribution in [1.82, 2.24) is 14.5 Å². The first-order valence-corrected chi connectivity index (χ1v) is 7.03. The molecule has 2 rings (SSSR count). The van der Waals surface area contributed by atoms with E-state index in [0.29, 0.717) is 6.61 Å². The van der Waals surface area contributed by atoms with Crippen LogP contribution >= 0.6 is 0 Å². The first kappa shape index (κ1) is 15.2. The summed E-state index contributed by atoms with van der Waals surface area (Å²) in [6.45, 7) is 6.54. The fourth-order valence-electron chi connectivity index (χ4n) is 2.06. The van der Waals surface area contributed by atoms with Gasteiger partial charge in [-0.25, -0.2) is 15.3 Å². The van der Waals surface area contributed by atoms with Crippen LogP contribution in [0.25, 0.3) is 5.69 Å². The average molecular weight is 288 g/mol. The van der Waals surface area contributed by atoms with Crippen molar-refractivity contribution in [2.24, 2.45) is 0 Å². The van der Waals surface area contributed by atoms with Gasteiger partial charge in [-0.3, -0.25) is 9.40 Å². The number of nitrogens with zero attached hydrogens (tertiary/aromatic N) is 3. The predicted molar refractivity (Wildman–Crippen MR) is 81.6 cm³/mol. The van der Waals surface area contributed by atoms with Crippen molar-refractivity contribution in [3.8, 4) is 5.69 Å². The van der Waals surface area contributed by atoms with Crippen molar-refractivity contribution in [3.63, 3.8) is 0 Å². The van der Waals surface area contributed by atoms with Gasteiger partial charge in [0.1, 0.15) is 6.33 Å². The van der Waals surface area contributed by atoms with E-state index in [1.54, 1.807) is 0 Å². The molecule has 112 valence electrons. The molecule has 0 radical (unpaired) electrons. The molecule has 0 aliphatic heterocycles. The number of benzene rings is 1. The highest BCUT2D eigenvalue weighted by molar-refractivity contribution is 5.46. The zero-order chi connectivity index (χ0) is 15.2. The molecule has 1 heterocycles. The van der Waals surface area contributed by atoms with E-state index in [1.165, 1.54) is 10.9 Å². The minimum atomic E-state index is -0.385. The number of aromatic nitrogens is 3. The Morgan fingerprint density at radius 2 is 2.00 bits per heavy atom. The minimum Gasteiger partial charge on any atom is -0.273 e. The Kier molecular flexibility index (Phi) is 5.05. The van der Waals surface area contributed by atoms with E-state index in [2.05, 4.69) is 22.4 Å². The van der Waals surface area contributed by atoms with E-state index in [-0.39, 0.29) is 11.6 Å². The van der Waals surface area contributed by atoms with Crippen LogP contribution in [0.3, 0.4) is 0 Å². The number of hydrogen-bond donors (Lipinski definition) is 1. The molecule has 0 atom stereocenters. The highest BCUT2D eigenvalue weighted by Crippen LogP contribution is 2.16. The summed E-state index contributed by atoms with van der Waals surface area (Å²) in [7, 11) is 0. The van der Waals surface area contributed by atoms with E-state index < -0.39 is 0 Å². The quantitative estimate of drug-likeness (QED) is 0.653. The molecule has 0 fully saturated rings. The lowest BCUT2D eigenvalue weighted by molar-refractivity contribution is 0.186. The highest BCUT2D eigenvalue weighted by atomic mass is 16.6. The minimum absolute atomic E-state index is 0.179. The summed E-state index contributed by atoms with van der Waals surface area (Å²) in [6, 6.07) is 5.86. The van der Waals surface area contributed by atoms with Crippen LogP contribution in [-0.4, -0.2) is 21.1 Å². The molecule has 0 aliphatic rings. The molecule has 1 aromatic carbocycles. The van der Waals surface area contributed by atoms with Crippen LogP contribution in [0, 0.1) is 13.8 Å². The maximum atomic E-state index is 12.2. The van der Waals surface area contributed by atoms with Crippen molar-refractivity contribution in [2.75, 3.05) is 12.1 Å². The lowest BCUT2D eigenvalue weighted by Crippen LogP contribution is -2.25. The molecule has 0 unspecified atom stereocenters. The van der Waals surface area contributed by atoms with Gasteiger partial charge in [0.15, 0.2) is 0 Å². The zero-order valence-electron chi connectivity index (χ0n) is 12.6. The molecule has 0 saturated heterocycles. The number of unbranched alkanes of at least 4 members (excludes halogenated alkanes) is 1. The van der Waals surface area contributed by atoms with E-state index in [0.717, 1.165) is 29.7 Å². The molecule has 2 aromatic rings. The lowest BCUT2D eigenvalue weighted by atomic mass is 10.1. The molecule has 0 spiro atoms. The molecule has 0 saturated carbocycles. The van der Waals surface area contributed by atoms with Crippen LogP contribution in [0.15, 0.2) is 29.3 Å². The molecular formula is C15H20N4O2. The maximum Gasteiger partial charge on any atom is 0.356 e. The van der Waals surface area contributed by atoms with Crippen molar-refractivity contribution in [2.45, 2.75) is 33.6 Å². The summed E-state index contributed by atoms with van der Waals surface area (Å²) in [5.41, 5.74) is 5.03. The molecular weight excluding hydrogens is 268 g/mol. The van der Waals surface area contributed by atoms with Crippen LogP contribution in [0.1, 0.15) is 30.9 Å². The van der Waals surface area contributed by atoms with Gasteiger partial charge in [0.2, 0.25) is 0 Å². The summed E-state index contributed by atoms with van der Waals surface area (Å²) in [5.74, 6) is 0.179. The van der Waals surface area contributed by atoms with Gasteiger partial charge >= 0.3 is 5.69 Å². The topological polar surface area (TPSA) is 69.0 Å². The Labute approximate surface area is 123 Å². The summed E-state index contributed by atoms with van der Waals surface area (Å²) in [4.78, 5) is 25.3. The van der Waals surface area contributed by atoms with Gasteiger partial charge < -0.3 is 0 Å². The molecule has 6 nitrogen and oxygen atoms in total. The second-order valence-electron chi connectivity index (χ2n) is 4.88. The summed E-state index contributed by atoms with van der Waals surface area (Å²) < 4.78 is 1.45. The SMILES string of the molecule is CCCCONc1ncn(-c2c(C)cccc2C)c(=O)n1. The molecule has 0 bridgehead atoms. The number of anilines is 1. The zero-order valence-corrected chi connectivity index (χ0v) is 12.6. The van der Waals surface area contributed by atoms with E-state index in [4.69, 9.17) is 4.84 Å². The van der Waals surface area contributed by atoms with Gasteiger partial charge in [-0.05, 0) is 31.4 Å². The van der Waals surface area contributed by atoms with Gasteiger partial charge in [-0.15, -0.1) is 0 Å². The van der Waals surface area contributed by atoms with Crippen LogP contribution < -0.4 is 11.2 Å². The number of rotatable bonds is 6. The van der Waals surface area contributed by atoms with Crippen LogP contribution in [0.4, 0.5) is 5.95 Å². The summed E-state index contributed by atoms with van der Waals surface area (Å²) in [5, 5.41) is 0. The van der Waals surface area contributed by atoms with Crippen molar-refractivity contribution >= 4 is 5.95 Å². The Morgan fingerprint density at radius 3 is 2.62 bits per heavy atom. The van der Waals surface area contributed by atoms with Gasteiger partial charge in [0.25, 0.3) is 5.95 Å². The van der Waals surface area contributed by atoms with Gasteiger partial charge in [-0.1, -0.05) is 31.5 Å². The molecule has 0 aliphatic carbocycles. The predicted octanol–water partition coefficient (Wildman–Crippen LogP) is 2.39. The number of hydrogen-bond acceptors (Lipinski definition) is 5. The Morgan fingerprint density at radius 1 is 1.29 bits per heavy atom. The van der Waals surface area contributed by atoms with E-state index in [9.17, 15) is 4.79 Å². The second-order valence-corrected chi connectivity index (χ2v) is 4.88. The number of para-hydroxylation sites is 1. The molecule has 1 N–H and O–H groups in total. The Balaban J connectivity index is 2.22. The van der Waals surface area contributed by atoms with Crippen LogP contribution in [-0.2, 0) is 4.84 Å². The Hall–Kier alpha value is -2.21. The van der Waals surface area contributed by atoms with Gasteiger partial charge in [-0.2, -0.15) is 4.98 Å². The first-order valence-electron chi connectivity index (χ1n) is 7.03. The molecule has 21 heavy (non-hydrogen) atoms. The number of aryl methyl sites for hydroxylation is 2. The third-order valence-electron chi connectivity index (χ3n) is 3.15. The molecule has 1 aromatic heterocycles. The normalized spacial score (nSPS) is 10.6. The van der Waals surface area contributed by atoms with Crippen molar-refractivity contribution in [1.29, 1.82) is 0 Å². The number of nitrogens with one attached hydrogen (secondary N) is 1.